The molecule has 2 N–H and O–H groups in total. The van der Waals surface area contributed by atoms with Gasteiger partial charge in [-0.15, -0.1) is 0 Å². The van der Waals surface area contributed by atoms with Crippen molar-refractivity contribution in [1.29, 1.82) is 0 Å². The molecule has 9 heteroatoms. The Morgan fingerprint density at radius 2 is 1.83 bits per heavy atom. The number of benzene rings is 1. The monoisotopic (exact) mass is 479 g/mol. The van der Waals surface area contributed by atoms with Gasteiger partial charge in [-0.1, -0.05) is 25.0 Å². The fraction of sp³-hybridized carbons (Fsp3) is 0.346. The van der Waals surface area contributed by atoms with E-state index in [2.05, 4.69) is 10.6 Å². The molecule has 1 saturated carbocycles. The number of ether oxygens (including phenoxy) is 1. The molecule has 0 spiro atoms. The molecule has 1 aliphatic rings. The zero-order valence-electron chi connectivity index (χ0n) is 19.6. The molecule has 1 atom stereocenters. The second-order valence-corrected chi connectivity index (χ2v) is 8.43. The lowest BCUT2D eigenvalue weighted by molar-refractivity contribution is -0.141. The second-order valence-electron chi connectivity index (χ2n) is 8.43. The summed E-state index contributed by atoms with van der Waals surface area (Å²) >= 11 is 0. The molecule has 0 radical (unpaired) electrons. The molecule has 0 unspecified atom stereocenters. The Hall–Kier alpha value is -4.01. The van der Waals surface area contributed by atoms with Crippen LogP contribution in [0.25, 0.3) is 0 Å². The van der Waals surface area contributed by atoms with Gasteiger partial charge in [0.05, 0.1) is 32.7 Å². The Bertz CT molecular complexity index is 1120. The summed E-state index contributed by atoms with van der Waals surface area (Å²) < 4.78 is 16.0. The minimum atomic E-state index is -0.955. The van der Waals surface area contributed by atoms with Crippen molar-refractivity contribution in [2.24, 2.45) is 0 Å². The molecule has 3 amide bonds. The van der Waals surface area contributed by atoms with Gasteiger partial charge in [0, 0.05) is 6.04 Å². The van der Waals surface area contributed by atoms with Crippen molar-refractivity contribution >= 4 is 17.7 Å². The normalized spacial score (nSPS) is 14.3. The summed E-state index contributed by atoms with van der Waals surface area (Å²) in [4.78, 5) is 40.9. The number of carbonyl (C=O) groups is 3. The molecule has 0 saturated heterocycles. The van der Waals surface area contributed by atoms with Crippen molar-refractivity contribution in [2.75, 3.05) is 13.7 Å². The van der Waals surface area contributed by atoms with Crippen LogP contribution in [0.3, 0.4) is 0 Å². The standard InChI is InChI=1S/C26H29N3O6/c1-33-20-10-4-7-18(15-20)24(26(32)28-19-8-2-3-9-19)29(17-21-11-5-13-34-21)23(30)16-27-25(31)22-12-6-14-35-22/h4-7,10-15,19,24H,2-3,8-9,16-17H2,1H3,(H,27,31)(H,28,32)/t24-/m0/s1. The van der Waals surface area contributed by atoms with Gasteiger partial charge in [-0.3, -0.25) is 14.4 Å². The summed E-state index contributed by atoms with van der Waals surface area (Å²) in [5.41, 5.74) is 0.595. The van der Waals surface area contributed by atoms with Gasteiger partial charge in [-0.2, -0.15) is 0 Å². The van der Waals surface area contributed by atoms with E-state index in [9.17, 15) is 14.4 Å². The summed E-state index contributed by atoms with van der Waals surface area (Å²) in [5, 5.41) is 5.69. The second kappa shape index (κ2) is 11.4. The van der Waals surface area contributed by atoms with Crippen LogP contribution >= 0.6 is 0 Å². The van der Waals surface area contributed by atoms with Gasteiger partial charge in [0.1, 0.15) is 17.6 Å². The lowest BCUT2D eigenvalue weighted by atomic mass is 10.0. The van der Waals surface area contributed by atoms with Crippen LogP contribution in [0.1, 0.15) is 53.6 Å². The highest BCUT2D eigenvalue weighted by Gasteiger charge is 2.34. The number of methoxy groups -OCH3 is 1. The van der Waals surface area contributed by atoms with E-state index in [1.54, 1.807) is 49.6 Å². The highest BCUT2D eigenvalue weighted by molar-refractivity contribution is 5.95. The van der Waals surface area contributed by atoms with Gasteiger partial charge in [-0.25, -0.2) is 0 Å². The fourth-order valence-electron chi connectivity index (χ4n) is 4.28. The van der Waals surface area contributed by atoms with Crippen LogP contribution in [0.4, 0.5) is 0 Å². The van der Waals surface area contributed by atoms with Crippen LogP contribution in [0, 0.1) is 0 Å². The van der Waals surface area contributed by atoms with E-state index < -0.39 is 17.9 Å². The fourth-order valence-corrected chi connectivity index (χ4v) is 4.28. The van der Waals surface area contributed by atoms with Crippen molar-refractivity contribution < 1.29 is 28.0 Å². The Kier molecular flexibility index (Phi) is 7.87. The van der Waals surface area contributed by atoms with E-state index in [0.29, 0.717) is 17.1 Å². The minimum Gasteiger partial charge on any atom is -0.497 e. The number of amides is 3. The Morgan fingerprint density at radius 1 is 1.06 bits per heavy atom. The lowest BCUT2D eigenvalue weighted by Crippen LogP contribution is -2.48. The number of hydrogen-bond donors (Lipinski definition) is 2. The molecular weight excluding hydrogens is 450 g/mol. The largest absolute Gasteiger partial charge is 0.497 e. The molecule has 0 bridgehead atoms. The highest BCUT2D eigenvalue weighted by Crippen LogP contribution is 2.28. The predicted molar refractivity (Wildman–Crippen MR) is 126 cm³/mol. The molecule has 1 fully saturated rings. The maximum Gasteiger partial charge on any atom is 0.287 e. The molecule has 3 aromatic rings. The molecular formula is C26H29N3O6. The summed E-state index contributed by atoms with van der Waals surface area (Å²) in [6.07, 6.45) is 6.82. The molecule has 1 aromatic carbocycles. The summed E-state index contributed by atoms with van der Waals surface area (Å²) in [6, 6.07) is 12.7. The van der Waals surface area contributed by atoms with Crippen molar-refractivity contribution in [1.82, 2.24) is 15.5 Å². The van der Waals surface area contributed by atoms with Gasteiger partial charge < -0.3 is 29.1 Å². The molecule has 0 aliphatic heterocycles. The van der Waals surface area contributed by atoms with Gasteiger partial charge in [0.15, 0.2) is 5.76 Å². The predicted octanol–water partition coefficient (Wildman–Crippen LogP) is 3.44. The number of nitrogens with one attached hydrogen (secondary N) is 2. The van der Waals surface area contributed by atoms with Gasteiger partial charge >= 0.3 is 0 Å². The number of carbonyl (C=O) groups excluding carboxylic acids is 3. The van der Waals surface area contributed by atoms with Gasteiger partial charge in [0.25, 0.3) is 5.91 Å². The highest BCUT2D eigenvalue weighted by atomic mass is 16.5. The minimum absolute atomic E-state index is 0.0441. The Labute approximate surface area is 203 Å². The molecule has 4 rings (SSSR count). The summed E-state index contributed by atoms with van der Waals surface area (Å²) in [7, 11) is 1.54. The van der Waals surface area contributed by atoms with Crippen molar-refractivity contribution in [3.8, 4) is 5.75 Å². The quantitative estimate of drug-likeness (QED) is 0.461. The topological polar surface area (TPSA) is 114 Å². The SMILES string of the molecule is COc1cccc([C@@H](C(=O)NC2CCCC2)N(Cc2ccco2)C(=O)CNC(=O)c2ccco2)c1. The van der Waals surface area contributed by atoms with Crippen LogP contribution < -0.4 is 15.4 Å². The zero-order valence-corrected chi connectivity index (χ0v) is 19.6. The van der Waals surface area contributed by atoms with Crippen LogP contribution in [-0.2, 0) is 16.1 Å². The third kappa shape index (κ3) is 6.11. The first-order valence-electron chi connectivity index (χ1n) is 11.6. The molecule has 2 heterocycles. The van der Waals surface area contributed by atoms with E-state index >= 15 is 0 Å². The van der Waals surface area contributed by atoms with Crippen LogP contribution in [0.15, 0.2) is 69.9 Å². The first kappa shape index (κ1) is 24.1. The number of nitrogens with zero attached hydrogens (tertiary/aromatic N) is 1. The molecule has 35 heavy (non-hydrogen) atoms. The summed E-state index contributed by atoms with van der Waals surface area (Å²) in [5.74, 6) is -0.0820. The Morgan fingerprint density at radius 3 is 2.51 bits per heavy atom. The molecule has 1 aliphatic carbocycles. The molecule has 9 nitrogen and oxygen atoms in total. The van der Waals surface area contributed by atoms with Gasteiger partial charge in [-0.05, 0) is 54.8 Å². The van der Waals surface area contributed by atoms with E-state index in [1.807, 2.05) is 0 Å². The first-order chi connectivity index (χ1) is 17.0. The molecule has 184 valence electrons. The van der Waals surface area contributed by atoms with E-state index in [0.717, 1.165) is 25.7 Å². The Balaban J connectivity index is 1.63. The van der Waals surface area contributed by atoms with Crippen LogP contribution in [0.5, 0.6) is 5.75 Å². The van der Waals surface area contributed by atoms with Crippen molar-refractivity contribution in [3.63, 3.8) is 0 Å². The number of hydrogen-bond acceptors (Lipinski definition) is 6. The van der Waals surface area contributed by atoms with Gasteiger partial charge in [0.2, 0.25) is 11.8 Å². The summed E-state index contributed by atoms with van der Waals surface area (Å²) in [6.45, 7) is -0.278. The average Bonchev–Trinajstić information content (AvgIpc) is 3.66. The maximum absolute atomic E-state index is 13.6. The van der Waals surface area contributed by atoms with E-state index in [4.69, 9.17) is 13.6 Å². The van der Waals surface area contributed by atoms with Crippen LogP contribution in [0.2, 0.25) is 0 Å². The van der Waals surface area contributed by atoms with Crippen molar-refractivity contribution in [3.05, 3.63) is 78.1 Å². The smallest absolute Gasteiger partial charge is 0.287 e. The van der Waals surface area contributed by atoms with E-state index in [-0.39, 0.29) is 30.8 Å². The van der Waals surface area contributed by atoms with Crippen LogP contribution in [-0.4, -0.2) is 42.3 Å². The van der Waals surface area contributed by atoms with E-state index in [1.165, 1.54) is 23.5 Å². The first-order valence-corrected chi connectivity index (χ1v) is 11.6. The maximum atomic E-state index is 13.6. The average molecular weight is 480 g/mol. The van der Waals surface area contributed by atoms with Crippen molar-refractivity contribution in [2.45, 2.75) is 44.3 Å². The third-order valence-electron chi connectivity index (χ3n) is 6.04. The number of furan rings is 2. The third-order valence-corrected chi connectivity index (χ3v) is 6.04. The lowest BCUT2D eigenvalue weighted by Gasteiger charge is -2.32. The zero-order chi connectivity index (χ0) is 24.6. The number of rotatable bonds is 10. The molecule has 2 aromatic heterocycles.